The molecular weight excluding hydrogens is 654 g/mol. The third-order valence-corrected chi connectivity index (χ3v) is 10.5. The van der Waals surface area contributed by atoms with Gasteiger partial charge in [-0.1, -0.05) is 29.1 Å². The van der Waals surface area contributed by atoms with Crippen LogP contribution in [-0.2, 0) is 22.4 Å². The van der Waals surface area contributed by atoms with E-state index < -0.39 is 12.1 Å². The highest BCUT2D eigenvalue weighted by Gasteiger charge is 2.44. The van der Waals surface area contributed by atoms with Crippen molar-refractivity contribution >= 4 is 56.1 Å². The number of halogens is 3. The molecule has 1 saturated carbocycles. The molecule has 3 aliphatic rings. The van der Waals surface area contributed by atoms with Crippen molar-refractivity contribution in [1.29, 1.82) is 0 Å². The number of pyridine rings is 2. The second-order valence-electron chi connectivity index (χ2n) is 12.1. The number of rotatable bonds is 10. The third kappa shape index (κ3) is 7.51. The maximum absolute atomic E-state index is 13.1. The highest BCUT2D eigenvalue weighted by molar-refractivity contribution is 7.15. The SMILES string of the molecule is O=C(Cc1ccc(N2CC(F)C2)cn1)Nc1nnc(C2CCC[C@H](c3nnc(NC(=O)Cc4ccc(N5CC(F)(F)C5)cn4)s3)C2)s1. The van der Waals surface area contributed by atoms with Gasteiger partial charge in [-0.3, -0.25) is 19.6 Å². The monoisotopic (exact) mass is 684 g/mol. The molecule has 47 heavy (non-hydrogen) atoms. The summed E-state index contributed by atoms with van der Waals surface area (Å²) < 4.78 is 39.4. The number of amides is 2. The molecule has 0 spiro atoms. The Labute approximate surface area is 275 Å². The van der Waals surface area contributed by atoms with Crippen LogP contribution in [0.4, 0.5) is 34.8 Å². The van der Waals surface area contributed by atoms with Crippen molar-refractivity contribution in [2.24, 2.45) is 0 Å². The van der Waals surface area contributed by atoms with Gasteiger partial charge in [0.15, 0.2) is 0 Å². The zero-order valence-electron chi connectivity index (χ0n) is 25.1. The van der Waals surface area contributed by atoms with Crippen LogP contribution in [0.25, 0.3) is 0 Å². The average Bonchev–Trinajstić information content (AvgIpc) is 3.69. The summed E-state index contributed by atoms with van der Waals surface area (Å²) in [5.74, 6) is -2.87. The smallest absolute Gasteiger partial charge is 0.282 e. The standard InChI is InChI=1S/C30H31F3N10O2S2/c31-19-13-42(14-19)22-6-4-20(34-11-22)9-24(44)36-28-40-38-26(46-28)17-2-1-3-18(8-17)27-39-41-29(47-27)37-25(45)10-21-5-7-23(12-35-21)43-15-30(32,33)16-43/h4-7,11-12,17-19H,1-3,8-10,13-16H2,(H,36,40,44)(H,37,41,45)/t17?,18-/m0/s1. The Morgan fingerprint density at radius 2 is 1.30 bits per heavy atom. The van der Waals surface area contributed by atoms with Gasteiger partial charge in [0.05, 0.1) is 62.8 Å². The van der Waals surface area contributed by atoms with Crippen LogP contribution in [0.5, 0.6) is 0 Å². The van der Waals surface area contributed by atoms with Crippen LogP contribution >= 0.6 is 22.7 Å². The summed E-state index contributed by atoms with van der Waals surface area (Å²) in [5.41, 5.74) is 2.58. The Balaban J connectivity index is 0.880. The second-order valence-corrected chi connectivity index (χ2v) is 14.1. The molecular formula is C30H31F3N10O2S2. The highest BCUT2D eigenvalue weighted by atomic mass is 32.1. The maximum Gasteiger partial charge on any atom is 0.282 e. The molecule has 4 aromatic rings. The van der Waals surface area contributed by atoms with Crippen molar-refractivity contribution in [1.82, 2.24) is 30.4 Å². The van der Waals surface area contributed by atoms with Crippen molar-refractivity contribution in [2.45, 2.75) is 62.5 Å². The fourth-order valence-corrected chi connectivity index (χ4v) is 7.76. The summed E-state index contributed by atoms with van der Waals surface area (Å²) in [5, 5.41) is 25.2. The molecule has 12 nitrogen and oxygen atoms in total. The van der Waals surface area contributed by atoms with Crippen molar-refractivity contribution in [2.75, 3.05) is 46.6 Å². The van der Waals surface area contributed by atoms with E-state index in [0.29, 0.717) is 40.4 Å². The fourth-order valence-electron chi connectivity index (χ4n) is 5.94. The molecule has 6 heterocycles. The van der Waals surface area contributed by atoms with Crippen molar-refractivity contribution < 1.29 is 22.8 Å². The quantitative estimate of drug-likeness (QED) is 0.244. The minimum absolute atomic E-state index is 0.0241. The molecule has 2 atom stereocenters. The minimum Gasteiger partial charge on any atom is -0.364 e. The summed E-state index contributed by atoms with van der Waals surface area (Å²) in [4.78, 5) is 37.3. The number of nitrogens with zero attached hydrogens (tertiary/aromatic N) is 8. The molecule has 0 radical (unpaired) electrons. The molecule has 246 valence electrons. The van der Waals surface area contributed by atoms with Crippen LogP contribution in [0, 0.1) is 0 Å². The predicted octanol–water partition coefficient (Wildman–Crippen LogP) is 4.60. The van der Waals surface area contributed by atoms with Gasteiger partial charge in [-0.05, 0) is 43.5 Å². The molecule has 1 unspecified atom stereocenters. The summed E-state index contributed by atoms with van der Waals surface area (Å²) in [6.45, 7) is 0.0904. The maximum atomic E-state index is 13.1. The second kappa shape index (κ2) is 13.1. The summed E-state index contributed by atoms with van der Waals surface area (Å²) in [6, 6.07) is 6.98. The minimum atomic E-state index is -2.66. The van der Waals surface area contributed by atoms with E-state index in [1.54, 1.807) is 24.4 Å². The van der Waals surface area contributed by atoms with Crippen LogP contribution in [0.2, 0.25) is 0 Å². The van der Waals surface area contributed by atoms with Crippen LogP contribution in [0.15, 0.2) is 36.7 Å². The third-order valence-electron chi connectivity index (χ3n) is 8.46. The number of alkyl halides is 3. The molecule has 4 aromatic heterocycles. The Bertz CT molecular complexity index is 1720. The Morgan fingerprint density at radius 3 is 1.74 bits per heavy atom. The van der Waals surface area contributed by atoms with E-state index in [0.717, 1.165) is 41.4 Å². The Morgan fingerprint density at radius 1 is 0.787 bits per heavy atom. The first kappa shape index (κ1) is 31.4. The zero-order chi connectivity index (χ0) is 32.5. The fraction of sp³-hybridized carbons (Fsp3) is 0.467. The van der Waals surface area contributed by atoms with Crippen LogP contribution in [0.3, 0.4) is 0 Å². The summed E-state index contributed by atoms with van der Waals surface area (Å²) >= 11 is 2.71. The van der Waals surface area contributed by atoms with Crippen molar-refractivity contribution in [3.63, 3.8) is 0 Å². The highest BCUT2D eigenvalue weighted by Crippen LogP contribution is 2.43. The van der Waals surface area contributed by atoms with Gasteiger partial charge in [-0.2, -0.15) is 0 Å². The van der Waals surface area contributed by atoms with Crippen LogP contribution in [0.1, 0.15) is 58.9 Å². The molecule has 2 aliphatic heterocycles. The van der Waals surface area contributed by atoms with Crippen LogP contribution < -0.4 is 20.4 Å². The van der Waals surface area contributed by atoms with Crippen molar-refractivity contribution in [3.05, 3.63) is 58.1 Å². The zero-order valence-corrected chi connectivity index (χ0v) is 26.7. The molecule has 2 amide bonds. The first-order chi connectivity index (χ1) is 22.7. The van der Waals surface area contributed by atoms with E-state index in [2.05, 4.69) is 41.0 Å². The lowest BCUT2D eigenvalue weighted by Gasteiger charge is -2.40. The number of anilines is 4. The van der Waals surface area contributed by atoms with Gasteiger partial charge in [-0.25, -0.2) is 13.2 Å². The van der Waals surface area contributed by atoms with Gasteiger partial charge >= 0.3 is 0 Å². The van der Waals surface area contributed by atoms with Gasteiger partial charge in [0.25, 0.3) is 5.92 Å². The average molecular weight is 685 g/mol. The number of carbonyl (C=O) groups excluding carboxylic acids is 2. The van der Waals surface area contributed by atoms with Crippen molar-refractivity contribution in [3.8, 4) is 0 Å². The molecule has 0 bridgehead atoms. The summed E-state index contributed by atoms with van der Waals surface area (Å²) in [7, 11) is 0. The van der Waals surface area contributed by atoms with Gasteiger partial charge < -0.3 is 20.4 Å². The molecule has 17 heteroatoms. The van der Waals surface area contributed by atoms with Gasteiger partial charge in [0.2, 0.25) is 22.1 Å². The molecule has 7 rings (SSSR count). The Hall–Kier alpha value is -4.25. The molecule has 3 fully saturated rings. The first-order valence-corrected chi connectivity index (χ1v) is 17.0. The lowest BCUT2D eigenvalue weighted by atomic mass is 9.82. The molecule has 2 N–H and O–H groups in total. The predicted molar refractivity (Wildman–Crippen MR) is 171 cm³/mol. The number of nitrogens with one attached hydrogen (secondary N) is 2. The Kier molecular flexibility index (Phi) is 8.74. The topological polar surface area (TPSA) is 142 Å². The van der Waals surface area contributed by atoms with E-state index in [4.69, 9.17) is 0 Å². The number of hydrogen-bond acceptors (Lipinski definition) is 12. The molecule has 0 aromatic carbocycles. The molecule has 2 saturated heterocycles. The van der Waals surface area contributed by atoms with Gasteiger partial charge in [0.1, 0.15) is 16.2 Å². The molecule has 1 aliphatic carbocycles. The largest absolute Gasteiger partial charge is 0.364 e. The van der Waals surface area contributed by atoms with E-state index in [-0.39, 0.29) is 49.6 Å². The van der Waals surface area contributed by atoms with E-state index in [9.17, 15) is 22.8 Å². The first-order valence-electron chi connectivity index (χ1n) is 15.3. The lowest BCUT2D eigenvalue weighted by molar-refractivity contribution is -0.116. The number of hydrogen-bond donors (Lipinski definition) is 2. The van der Waals surface area contributed by atoms with E-state index in [1.165, 1.54) is 33.8 Å². The van der Waals surface area contributed by atoms with Crippen LogP contribution in [-0.4, -0.2) is 80.5 Å². The van der Waals surface area contributed by atoms with Gasteiger partial charge in [-0.15, -0.1) is 20.4 Å². The normalized spacial score (nSPS) is 20.7. The number of aromatic nitrogens is 6. The van der Waals surface area contributed by atoms with E-state index >= 15 is 0 Å². The van der Waals surface area contributed by atoms with Gasteiger partial charge in [0, 0.05) is 23.2 Å². The lowest BCUT2D eigenvalue weighted by Crippen LogP contribution is -2.56. The number of carbonyl (C=O) groups is 2. The van der Waals surface area contributed by atoms with E-state index in [1.807, 2.05) is 11.0 Å². The summed E-state index contributed by atoms with van der Waals surface area (Å²) in [6.07, 6.45) is 6.15.